The average molecular weight is 633 g/mol. The van der Waals surface area contributed by atoms with Crippen molar-refractivity contribution in [3.8, 4) is 5.75 Å². The molecule has 1 atom stereocenters. The van der Waals surface area contributed by atoms with Crippen LogP contribution in [0.1, 0.15) is 38.2 Å². The first-order valence-corrected chi connectivity index (χ1v) is 15.6. The number of pyridine rings is 1. The zero-order valence-corrected chi connectivity index (χ0v) is 26.6. The van der Waals surface area contributed by atoms with E-state index in [1.807, 2.05) is 18.2 Å². The standard InChI is InChI=1S/C24H26N4O9S3.Na/c1-16(26-27-20(29)11-14-38-39-21-5-2-3-12-25-21)17-7-9-18(10-8-17)36-13-4-6-23(31)37-28-22(30)15-19(24(28)32)40(33,34)35;/h2-3,5,7-10,12,19H,4,6,11,13-15H2,1H3,(H,27,29)(H,33,34,35);/q;+1/p-1/b26-16+;. The molecule has 1 aromatic carbocycles. The van der Waals surface area contributed by atoms with Crippen LogP contribution in [0.5, 0.6) is 5.75 Å². The Bertz CT molecular complexity index is 1360. The number of ether oxygens (including phenoxy) is 1. The number of rotatable bonds is 14. The van der Waals surface area contributed by atoms with Crippen molar-refractivity contribution in [2.24, 2.45) is 5.10 Å². The van der Waals surface area contributed by atoms with Crippen molar-refractivity contribution >= 4 is 61.1 Å². The maximum atomic E-state index is 12.0. The third kappa shape index (κ3) is 11.4. The van der Waals surface area contributed by atoms with E-state index in [0.717, 1.165) is 10.6 Å². The first-order valence-electron chi connectivity index (χ1n) is 11.8. The third-order valence-electron chi connectivity index (χ3n) is 5.21. The summed E-state index contributed by atoms with van der Waals surface area (Å²) in [6.45, 7) is 1.85. The van der Waals surface area contributed by atoms with E-state index >= 15 is 0 Å². The molecule has 0 aliphatic carbocycles. The number of imide groups is 1. The van der Waals surface area contributed by atoms with Crippen molar-refractivity contribution in [3.63, 3.8) is 0 Å². The predicted molar refractivity (Wildman–Crippen MR) is 145 cm³/mol. The molecule has 1 fully saturated rings. The number of carbonyl (C=O) groups is 4. The van der Waals surface area contributed by atoms with Crippen LogP contribution in [0.2, 0.25) is 0 Å². The van der Waals surface area contributed by atoms with Gasteiger partial charge in [0.05, 0.1) is 25.2 Å². The second kappa shape index (κ2) is 16.8. The van der Waals surface area contributed by atoms with Gasteiger partial charge in [0.1, 0.15) is 26.1 Å². The van der Waals surface area contributed by atoms with Gasteiger partial charge in [0, 0.05) is 18.4 Å². The number of benzene rings is 1. The Labute approximate surface area is 266 Å². The molecule has 0 spiro atoms. The Morgan fingerprint density at radius 1 is 1.17 bits per heavy atom. The molecule has 1 N–H and O–H groups in total. The van der Waals surface area contributed by atoms with Gasteiger partial charge in [-0.1, -0.05) is 16.9 Å². The van der Waals surface area contributed by atoms with Crippen LogP contribution < -0.4 is 39.7 Å². The van der Waals surface area contributed by atoms with Gasteiger partial charge in [-0.25, -0.2) is 23.6 Å². The molecule has 1 aliphatic heterocycles. The van der Waals surface area contributed by atoms with E-state index in [1.54, 1.807) is 37.4 Å². The first-order chi connectivity index (χ1) is 19.0. The number of nitrogens with one attached hydrogen (secondary N) is 1. The first kappa shape index (κ1) is 34.7. The molecule has 214 valence electrons. The molecule has 13 nitrogen and oxygen atoms in total. The normalized spacial score (nSPS) is 15.3. The number of hydrazone groups is 1. The van der Waals surface area contributed by atoms with Crippen molar-refractivity contribution in [2.75, 3.05) is 12.4 Å². The Balaban J connectivity index is 0.00000588. The summed E-state index contributed by atoms with van der Waals surface area (Å²) in [6, 6.07) is 12.5. The van der Waals surface area contributed by atoms with Crippen LogP contribution in [0.15, 0.2) is 58.8 Å². The molecule has 0 radical (unpaired) electrons. The summed E-state index contributed by atoms with van der Waals surface area (Å²) in [7, 11) is -2.00. The summed E-state index contributed by atoms with van der Waals surface area (Å²) in [5, 5.41) is 2.93. The number of carbonyl (C=O) groups excluding carboxylic acids is 4. The molecule has 1 aromatic heterocycles. The smallest absolute Gasteiger partial charge is 0.747 e. The molecule has 17 heteroatoms. The van der Waals surface area contributed by atoms with Gasteiger partial charge in [-0.2, -0.15) is 5.10 Å². The summed E-state index contributed by atoms with van der Waals surface area (Å²) in [6.07, 6.45) is 1.10. The summed E-state index contributed by atoms with van der Waals surface area (Å²) in [5.41, 5.74) is 3.89. The number of hydrogen-bond donors (Lipinski definition) is 1. The van der Waals surface area contributed by atoms with E-state index < -0.39 is 39.6 Å². The molecule has 2 aromatic rings. The van der Waals surface area contributed by atoms with Crippen LogP contribution in [-0.4, -0.2) is 70.0 Å². The average Bonchev–Trinajstić information content (AvgIpc) is 3.22. The van der Waals surface area contributed by atoms with Crippen molar-refractivity contribution in [2.45, 2.75) is 42.9 Å². The van der Waals surface area contributed by atoms with Gasteiger partial charge < -0.3 is 14.1 Å². The SMILES string of the molecule is C/C(=N\NC(=O)CCSSc1ccccn1)c1ccc(OCCCC(=O)ON2C(=O)CC(S(=O)(=O)[O-])C2=O)cc1.[Na+]. The molecule has 1 aliphatic rings. The molecule has 2 heterocycles. The number of hydrogen-bond acceptors (Lipinski definition) is 13. The zero-order chi connectivity index (χ0) is 29.1. The monoisotopic (exact) mass is 632 g/mol. The molecule has 41 heavy (non-hydrogen) atoms. The van der Waals surface area contributed by atoms with Crippen molar-refractivity contribution < 1.29 is 71.3 Å². The largest absolute Gasteiger partial charge is 1.00 e. The minimum atomic E-state index is -5.04. The molecule has 0 saturated carbocycles. The van der Waals surface area contributed by atoms with Gasteiger partial charge in [0.25, 0.3) is 11.8 Å². The number of aromatic nitrogens is 1. The molecule has 1 saturated heterocycles. The Kier molecular flexibility index (Phi) is 14.3. The number of hydroxylamine groups is 2. The van der Waals surface area contributed by atoms with Gasteiger partial charge in [-0.3, -0.25) is 14.4 Å². The molecular weight excluding hydrogens is 607 g/mol. The van der Waals surface area contributed by atoms with Gasteiger partial charge in [0.15, 0.2) is 0 Å². The van der Waals surface area contributed by atoms with E-state index in [1.165, 1.54) is 21.6 Å². The predicted octanol–water partition coefficient (Wildman–Crippen LogP) is -0.954. The second-order valence-electron chi connectivity index (χ2n) is 8.21. The van der Waals surface area contributed by atoms with E-state index in [9.17, 15) is 32.1 Å². The third-order valence-corrected chi connectivity index (χ3v) is 8.54. The van der Waals surface area contributed by atoms with E-state index in [2.05, 4.69) is 20.3 Å². The Morgan fingerprint density at radius 2 is 1.90 bits per heavy atom. The molecule has 1 unspecified atom stereocenters. The van der Waals surface area contributed by atoms with Gasteiger partial charge in [-0.05, 0) is 66.1 Å². The van der Waals surface area contributed by atoms with Crippen LogP contribution in [0, 0.1) is 0 Å². The summed E-state index contributed by atoms with van der Waals surface area (Å²) >= 11 is 0. The fourth-order valence-electron chi connectivity index (χ4n) is 3.15. The number of nitrogens with zero attached hydrogens (tertiary/aromatic N) is 3. The van der Waals surface area contributed by atoms with E-state index in [4.69, 9.17) is 4.74 Å². The van der Waals surface area contributed by atoms with Gasteiger partial charge in [0.2, 0.25) is 5.91 Å². The van der Waals surface area contributed by atoms with E-state index in [-0.39, 0.29) is 60.0 Å². The van der Waals surface area contributed by atoms with Crippen molar-refractivity contribution in [1.82, 2.24) is 15.5 Å². The minimum Gasteiger partial charge on any atom is -0.747 e. The van der Waals surface area contributed by atoms with E-state index in [0.29, 0.717) is 23.6 Å². The second-order valence-corrected chi connectivity index (χ2v) is 12.2. The van der Waals surface area contributed by atoms with Crippen LogP contribution in [0.4, 0.5) is 0 Å². The fourth-order valence-corrected chi connectivity index (χ4v) is 5.71. The Morgan fingerprint density at radius 3 is 2.54 bits per heavy atom. The summed E-state index contributed by atoms with van der Waals surface area (Å²) in [4.78, 5) is 56.3. The fraction of sp³-hybridized carbons (Fsp3) is 0.333. The van der Waals surface area contributed by atoms with Crippen molar-refractivity contribution in [1.29, 1.82) is 0 Å². The van der Waals surface area contributed by atoms with Crippen LogP contribution in [0.3, 0.4) is 0 Å². The molecule has 0 bridgehead atoms. The quantitative estimate of drug-likeness (QED) is 0.0513. The molecule has 3 amide bonds. The maximum Gasteiger partial charge on any atom is 1.00 e. The van der Waals surface area contributed by atoms with Gasteiger partial charge >= 0.3 is 35.5 Å². The van der Waals surface area contributed by atoms with Crippen molar-refractivity contribution in [3.05, 3.63) is 54.2 Å². The minimum absolute atomic E-state index is 0. The summed E-state index contributed by atoms with van der Waals surface area (Å²) < 4.78 is 38.6. The van der Waals surface area contributed by atoms with Crippen LogP contribution in [0.25, 0.3) is 0 Å². The molecular formula is C24H25N4NaO9S3. The number of amides is 3. The van der Waals surface area contributed by atoms with Crippen LogP contribution in [-0.2, 0) is 34.1 Å². The topological polar surface area (TPSA) is 184 Å². The van der Waals surface area contributed by atoms with Crippen LogP contribution >= 0.6 is 21.6 Å². The summed E-state index contributed by atoms with van der Waals surface area (Å²) in [5.74, 6) is -2.51. The molecule has 3 rings (SSSR count). The van der Waals surface area contributed by atoms with Gasteiger partial charge in [-0.15, -0.1) is 5.06 Å². The maximum absolute atomic E-state index is 12.0. The Hall–Kier alpha value is -2.47. The zero-order valence-electron chi connectivity index (χ0n) is 22.2.